The normalized spacial score (nSPS) is 16.8. The maximum atomic E-state index is 14.0. The number of aromatic amines is 1. The molecule has 0 unspecified atom stereocenters. The average molecular weight is 506 g/mol. The molecule has 0 spiro atoms. The van der Waals surface area contributed by atoms with E-state index < -0.39 is 29.2 Å². The molecule has 2 N–H and O–H groups in total. The van der Waals surface area contributed by atoms with Crippen LogP contribution in [0, 0.1) is 19.3 Å². The number of rotatable bonds is 9. The highest BCUT2D eigenvalue weighted by Gasteiger charge is 2.67. The second-order valence-corrected chi connectivity index (χ2v) is 9.84. The van der Waals surface area contributed by atoms with Crippen LogP contribution in [-0.4, -0.2) is 58.6 Å². The van der Waals surface area contributed by atoms with Gasteiger partial charge in [0.1, 0.15) is 5.82 Å². The molecule has 0 bridgehead atoms. The monoisotopic (exact) mass is 505 g/mol. The summed E-state index contributed by atoms with van der Waals surface area (Å²) in [5.74, 6) is -1.56. The van der Waals surface area contributed by atoms with E-state index in [9.17, 15) is 22.8 Å². The van der Waals surface area contributed by atoms with Gasteiger partial charge in [-0.15, -0.1) is 0 Å². The van der Waals surface area contributed by atoms with Crippen LogP contribution in [0.15, 0.2) is 33.7 Å². The second kappa shape index (κ2) is 9.68. The molecule has 1 amide bonds. The summed E-state index contributed by atoms with van der Waals surface area (Å²) in [4.78, 5) is 37.2. The summed E-state index contributed by atoms with van der Waals surface area (Å²) in [7, 11) is 3.74. The summed E-state index contributed by atoms with van der Waals surface area (Å²) in [6.45, 7) is 3.77. The molecule has 0 radical (unpaired) electrons. The predicted octanol–water partition coefficient (Wildman–Crippen LogP) is 3.63. The lowest BCUT2D eigenvalue weighted by Crippen LogP contribution is -2.43. The van der Waals surface area contributed by atoms with E-state index in [0.29, 0.717) is 28.9 Å². The van der Waals surface area contributed by atoms with E-state index in [2.05, 4.69) is 20.3 Å². The van der Waals surface area contributed by atoms with Crippen molar-refractivity contribution in [2.75, 3.05) is 20.6 Å². The first-order chi connectivity index (χ1) is 16.9. The molecule has 1 aromatic carbocycles. The van der Waals surface area contributed by atoms with Crippen LogP contribution in [0.4, 0.5) is 13.2 Å². The molecule has 1 aliphatic carbocycles. The number of likely N-dealkylation sites (N-methyl/N-ethyl adjacent to an activating group) is 1. The molecule has 11 heteroatoms. The number of carbonyl (C=O) groups excluding carboxylic acids is 1. The lowest BCUT2D eigenvalue weighted by Gasteiger charge is -2.30. The fourth-order valence-electron chi connectivity index (χ4n) is 4.77. The van der Waals surface area contributed by atoms with E-state index in [0.717, 1.165) is 11.1 Å². The zero-order valence-electron chi connectivity index (χ0n) is 20.7. The molecule has 36 heavy (non-hydrogen) atoms. The van der Waals surface area contributed by atoms with Crippen LogP contribution in [-0.2, 0) is 11.2 Å². The smallest absolute Gasteiger partial charge is 0.408 e. The molecule has 3 aromatic rings. The van der Waals surface area contributed by atoms with Crippen molar-refractivity contribution in [3.05, 3.63) is 57.6 Å². The number of halogens is 3. The third kappa shape index (κ3) is 5.16. The van der Waals surface area contributed by atoms with E-state index >= 15 is 0 Å². The molecule has 0 saturated heterocycles. The maximum Gasteiger partial charge on any atom is 0.417 e. The zero-order valence-corrected chi connectivity index (χ0v) is 20.7. The number of H-pyrrole nitrogens is 1. The highest BCUT2D eigenvalue weighted by molar-refractivity contribution is 5.78. The van der Waals surface area contributed by atoms with Gasteiger partial charge in [0, 0.05) is 37.3 Å². The lowest BCUT2D eigenvalue weighted by atomic mass is 9.81. The Morgan fingerprint density at radius 3 is 2.47 bits per heavy atom. The fraction of sp³-hybridized carbons (Fsp3) is 0.520. The van der Waals surface area contributed by atoms with Crippen LogP contribution < -0.4 is 11.1 Å². The Balaban J connectivity index is 1.47. The first kappa shape index (κ1) is 25.9. The average Bonchev–Trinajstić information content (AvgIpc) is 3.53. The van der Waals surface area contributed by atoms with E-state index in [1.807, 2.05) is 32.0 Å². The van der Waals surface area contributed by atoms with Gasteiger partial charge in [0.05, 0.1) is 10.9 Å². The highest BCUT2D eigenvalue weighted by Crippen LogP contribution is 2.66. The van der Waals surface area contributed by atoms with Gasteiger partial charge < -0.3 is 14.6 Å². The number of carbonyl (C=O) groups is 1. The summed E-state index contributed by atoms with van der Waals surface area (Å²) in [5.41, 5.74) is 1.28. The van der Waals surface area contributed by atoms with Gasteiger partial charge in [-0.2, -0.15) is 13.2 Å². The van der Waals surface area contributed by atoms with Gasteiger partial charge >= 0.3 is 11.9 Å². The number of fused-ring (bicyclic) bond motifs is 1. The number of hydrogen-bond acceptors (Lipinski definition) is 6. The lowest BCUT2D eigenvalue weighted by molar-refractivity contribution is -0.194. The van der Waals surface area contributed by atoms with Gasteiger partial charge in [-0.3, -0.25) is 9.78 Å². The third-order valence-electron chi connectivity index (χ3n) is 7.28. The number of alkyl halides is 3. The summed E-state index contributed by atoms with van der Waals surface area (Å²) in [6.07, 6.45) is -1.41. The SMILES string of the molecule is Cc1ncc([C@@H](CC(=O)NC[C@H](Cc2ccc3[nH]c(=O)oc3c2C)N(C)C)C2(C(F)(F)F)CC2)cn1. The fourth-order valence-corrected chi connectivity index (χ4v) is 4.77. The molecule has 1 saturated carbocycles. The van der Waals surface area contributed by atoms with Crippen molar-refractivity contribution in [1.29, 1.82) is 0 Å². The van der Waals surface area contributed by atoms with Crippen LogP contribution in [0.1, 0.15) is 47.7 Å². The van der Waals surface area contributed by atoms with Gasteiger partial charge in [0.2, 0.25) is 5.91 Å². The largest absolute Gasteiger partial charge is 0.417 e. The number of oxazole rings is 1. The van der Waals surface area contributed by atoms with Crippen LogP contribution in [0.2, 0.25) is 0 Å². The van der Waals surface area contributed by atoms with Crippen molar-refractivity contribution in [2.24, 2.45) is 5.41 Å². The highest BCUT2D eigenvalue weighted by atomic mass is 19.4. The minimum Gasteiger partial charge on any atom is -0.408 e. The Labute approximate surface area is 206 Å². The van der Waals surface area contributed by atoms with Gasteiger partial charge in [0.15, 0.2) is 5.58 Å². The second-order valence-electron chi connectivity index (χ2n) is 9.84. The Kier molecular flexibility index (Phi) is 6.96. The van der Waals surface area contributed by atoms with E-state index in [1.54, 1.807) is 13.0 Å². The first-order valence-corrected chi connectivity index (χ1v) is 11.8. The number of hydrogen-bond donors (Lipinski definition) is 2. The number of aromatic nitrogens is 3. The van der Waals surface area contributed by atoms with E-state index in [-0.39, 0.29) is 31.8 Å². The maximum absolute atomic E-state index is 14.0. The standard InChI is InChI=1S/C25H30F3N5O3/c1-14-16(5-6-20-22(14)36-23(35)32-20)9-18(33(3)4)13-31-21(34)10-19(17-11-29-15(2)30-12-17)24(7-8-24)25(26,27)28/h5-6,11-12,18-19H,7-10,13H2,1-4H3,(H,31,34)(H,32,35)/t18-,19+/m0/s1. The molecule has 0 aliphatic heterocycles. The first-order valence-electron chi connectivity index (χ1n) is 11.8. The van der Waals surface area contributed by atoms with Gasteiger partial charge in [0.25, 0.3) is 0 Å². The summed E-state index contributed by atoms with van der Waals surface area (Å²) < 4.78 is 47.1. The van der Waals surface area contributed by atoms with Crippen molar-refractivity contribution >= 4 is 17.0 Å². The Hall–Kier alpha value is -3.21. The predicted molar refractivity (Wildman–Crippen MR) is 128 cm³/mol. The van der Waals surface area contributed by atoms with E-state index in [1.165, 1.54) is 12.4 Å². The van der Waals surface area contributed by atoms with Gasteiger partial charge in [-0.25, -0.2) is 14.8 Å². The third-order valence-corrected chi connectivity index (χ3v) is 7.28. The zero-order chi connectivity index (χ0) is 26.3. The molecule has 8 nitrogen and oxygen atoms in total. The van der Waals surface area contributed by atoms with Crippen molar-refractivity contribution in [1.82, 2.24) is 25.2 Å². The number of aryl methyl sites for hydroxylation is 2. The van der Waals surface area contributed by atoms with Crippen LogP contribution in [0.25, 0.3) is 11.1 Å². The topological polar surface area (TPSA) is 104 Å². The molecule has 2 atom stereocenters. The minimum absolute atomic E-state index is 0.0142. The quantitative estimate of drug-likeness (QED) is 0.460. The Morgan fingerprint density at radius 1 is 1.22 bits per heavy atom. The molecule has 2 aromatic heterocycles. The molecular formula is C25H30F3N5O3. The van der Waals surface area contributed by atoms with Crippen LogP contribution in [0.5, 0.6) is 0 Å². The number of nitrogens with zero attached hydrogens (tertiary/aromatic N) is 3. The summed E-state index contributed by atoms with van der Waals surface area (Å²) >= 11 is 0. The van der Waals surface area contributed by atoms with Crippen molar-refractivity contribution < 1.29 is 22.4 Å². The number of nitrogens with one attached hydrogen (secondary N) is 2. The molecule has 2 heterocycles. The molecule has 4 rings (SSSR count). The molecular weight excluding hydrogens is 475 g/mol. The van der Waals surface area contributed by atoms with Crippen molar-refractivity contribution in [3.8, 4) is 0 Å². The van der Waals surface area contributed by atoms with Crippen molar-refractivity contribution in [3.63, 3.8) is 0 Å². The van der Waals surface area contributed by atoms with Crippen molar-refractivity contribution in [2.45, 2.75) is 57.7 Å². The minimum atomic E-state index is -4.42. The summed E-state index contributed by atoms with van der Waals surface area (Å²) in [6, 6.07) is 3.54. The van der Waals surface area contributed by atoms with Crippen LogP contribution in [0.3, 0.4) is 0 Å². The molecule has 194 valence electrons. The van der Waals surface area contributed by atoms with E-state index in [4.69, 9.17) is 4.42 Å². The number of amides is 1. The van der Waals surface area contributed by atoms with Crippen LogP contribution >= 0.6 is 0 Å². The Bertz CT molecular complexity index is 1290. The molecule has 1 aliphatic rings. The van der Waals surface area contributed by atoms with Gasteiger partial charge in [-0.05, 0) is 70.0 Å². The van der Waals surface area contributed by atoms with Gasteiger partial charge in [-0.1, -0.05) is 6.07 Å². The Morgan fingerprint density at radius 2 is 1.89 bits per heavy atom. The molecule has 1 fully saturated rings. The summed E-state index contributed by atoms with van der Waals surface area (Å²) in [5, 5.41) is 2.84. The number of benzene rings is 1.